The van der Waals surface area contributed by atoms with Crippen LogP contribution in [0.15, 0.2) is 82.2 Å². The highest BCUT2D eigenvalue weighted by molar-refractivity contribution is 9.10. The first kappa shape index (κ1) is 24.2. The molecule has 2 amide bonds. The number of anilines is 2. The maximum atomic E-state index is 13.0. The topological polar surface area (TPSA) is 58.6 Å². The van der Waals surface area contributed by atoms with Crippen LogP contribution < -0.4 is 15.0 Å². The van der Waals surface area contributed by atoms with E-state index in [1.54, 1.807) is 29.2 Å². The predicted molar refractivity (Wildman–Crippen MR) is 146 cm³/mol. The van der Waals surface area contributed by atoms with Gasteiger partial charge in [0, 0.05) is 10.2 Å². The van der Waals surface area contributed by atoms with Crippen LogP contribution in [0.3, 0.4) is 0 Å². The average molecular weight is 554 g/mol. The van der Waals surface area contributed by atoms with Crippen LogP contribution in [0.5, 0.6) is 5.75 Å². The number of carbonyl (C=O) groups excluding carboxylic acids is 2. The highest BCUT2D eigenvalue weighted by Crippen LogP contribution is 2.36. The van der Waals surface area contributed by atoms with Gasteiger partial charge in [0.25, 0.3) is 11.8 Å². The molecule has 0 atom stereocenters. The van der Waals surface area contributed by atoms with Crippen molar-refractivity contribution in [2.45, 2.75) is 13.3 Å². The van der Waals surface area contributed by atoms with Crippen molar-refractivity contribution in [2.24, 2.45) is 0 Å². The molecule has 0 radical (unpaired) electrons. The normalized spacial score (nSPS) is 14.5. The summed E-state index contributed by atoms with van der Waals surface area (Å²) in [4.78, 5) is 27.2. The van der Waals surface area contributed by atoms with E-state index in [9.17, 15) is 9.59 Å². The zero-order chi connectivity index (χ0) is 24.1. The Morgan fingerprint density at radius 1 is 1.06 bits per heavy atom. The monoisotopic (exact) mass is 552 g/mol. The van der Waals surface area contributed by atoms with Gasteiger partial charge in [-0.05, 0) is 72.2 Å². The van der Waals surface area contributed by atoms with Gasteiger partial charge in [-0.1, -0.05) is 71.1 Å². The minimum atomic E-state index is -0.248. The van der Waals surface area contributed by atoms with E-state index in [0.29, 0.717) is 20.7 Å². The van der Waals surface area contributed by atoms with E-state index in [1.165, 1.54) is 17.3 Å². The van der Waals surface area contributed by atoms with Crippen molar-refractivity contribution in [2.75, 3.05) is 16.8 Å². The predicted octanol–water partition coefficient (Wildman–Crippen LogP) is 6.43. The maximum absolute atomic E-state index is 13.0. The van der Waals surface area contributed by atoms with E-state index in [1.807, 2.05) is 54.6 Å². The second-order valence-corrected chi connectivity index (χ2v) is 10.0. The number of thiocarbonyl (C=S) groups is 1. The molecule has 0 spiro atoms. The number of nitrogens with zero attached hydrogens (tertiary/aromatic N) is 1. The number of hydrogen-bond donors (Lipinski definition) is 1. The summed E-state index contributed by atoms with van der Waals surface area (Å²) < 4.78 is 7.03. The van der Waals surface area contributed by atoms with E-state index in [-0.39, 0.29) is 18.4 Å². The molecular weight excluding hydrogens is 532 g/mol. The van der Waals surface area contributed by atoms with E-state index < -0.39 is 0 Å². The van der Waals surface area contributed by atoms with Gasteiger partial charge in [-0.15, -0.1) is 0 Å². The first-order chi connectivity index (χ1) is 16.4. The number of hydrogen-bond acceptors (Lipinski definition) is 5. The molecule has 5 nitrogen and oxygen atoms in total. The van der Waals surface area contributed by atoms with Gasteiger partial charge in [0.05, 0.1) is 10.6 Å². The third-order valence-electron chi connectivity index (χ3n) is 5.07. The van der Waals surface area contributed by atoms with E-state index in [0.717, 1.165) is 22.1 Å². The molecule has 0 aromatic heterocycles. The van der Waals surface area contributed by atoms with Crippen LogP contribution in [-0.2, 0) is 16.0 Å². The standard InChI is InChI=1S/C26H21BrN2O3S2/c1-2-17-3-11-21(12-4-17)29-25(31)23(34-26(29)33)15-18-5-13-22(14-6-18)32-16-24(30)28-20-9-7-19(27)8-10-20/h3-15H,2,16H2,1H3,(H,28,30)/b23-15-. The first-order valence-electron chi connectivity index (χ1n) is 10.6. The zero-order valence-corrected chi connectivity index (χ0v) is 21.5. The van der Waals surface area contributed by atoms with Crippen LogP contribution in [0, 0.1) is 0 Å². The SMILES string of the molecule is CCc1ccc(N2C(=O)/C(=C/c3ccc(OCC(=O)Nc4ccc(Br)cc4)cc3)SC2=S)cc1. The molecule has 0 unspecified atom stereocenters. The molecule has 8 heteroatoms. The third-order valence-corrected chi connectivity index (χ3v) is 6.90. The number of carbonyl (C=O) groups is 2. The van der Waals surface area contributed by atoms with Crippen LogP contribution in [-0.4, -0.2) is 22.7 Å². The molecule has 0 bridgehead atoms. The highest BCUT2D eigenvalue weighted by Gasteiger charge is 2.33. The van der Waals surface area contributed by atoms with E-state index in [4.69, 9.17) is 17.0 Å². The van der Waals surface area contributed by atoms with Crippen molar-refractivity contribution in [3.05, 3.63) is 93.3 Å². The lowest BCUT2D eigenvalue weighted by molar-refractivity contribution is -0.118. The van der Waals surface area contributed by atoms with Gasteiger partial charge < -0.3 is 10.1 Å². The molecule has 34 heavy (non-hydrogen) atoms. The fourth-order valence-corrected chi connectivity index (χ4v) is 4.83. The molecule has 1 heterocycles. The fourth-order valence-electron chi connectivity index (χ4n) is 3.26. The van der Waals surface area contributed by atoms with Crippen LogP contribution in [0.2, 0.25) is 0 Å². The molecule has 1 fully saturated rings. The Bertz CT molecular complexity index is 1240. The molecular formula is C26H21BrN2O3S2. The largest absolute Gasteiger partial charge is 0.484 e. The Hall–Kier alpha value is -2.94. The summed E-state index contributed by atoms with van der Waals surface area (Å²) >= 11 is 10.1. The lowest BCUT2D eigenvalue weighted by atomic mass is 10.1. The molecule has 1 aliphatic rings. The van der Waals surface area contributed by atoms with Gasteiger partial charge in [-0.2, -0.15) is 0 Å². The molecule has 0 aliphatic carbocycles. The average Bonchev–Trinajstić information content (AvgIpc) is 3.12. The zero-order valence-electron chi connectivity index (χ0n) is 18.3. The summed E-state index contributed by atoms with van der Waals surface area (Å²) in [5.74, 6) is 0.179. The van der Waals surface area contributed by atoms with Crippen molar-refractivity contribution in [1.82, 2.24) is 0 Å². The van der Waals surface area contributed by atoms with Crippen molar-refractivity contribution < 1.29 is 14.3 Å². The summed E-state index contributed by atoms with van der Waals surface area (Å²) in [7, 11) is 0. The summed E-state index contributed by atoms with van der Waals surface area (Å²) in [5, 5.41) is 2.78. The molecule has 1 N–H and O–H groups in total. The van der Waals surface area contributed by atoms with Gasteiger partial charge in [0.15, 0.2) is 10.9 Å². The van der Waals surface area contributed by atoms with Crippen molar-refractivity contribution in [1.29, 1.82) is 0 Å². The summed E-state index contributed by atoms with van der Waals surface area (Å²) in [5.41, 5.74) is 3.52. The van der Waals surface area contributed by atoms with Gasteiger partial charge in [0.1, 0.15) is 5.75 Å². The molecule has 1 saturated heterocycles. The number of benzene rings is 3. The number of aryl methyl sites for hydroxylation is 1. The highest BCUT2D eigenvalue weighted by atomic mass is 79.9. The third kappa shape index (κ3) is 5.94. The van der Waals surface area contributed by atoms with E-state index >= 15 is 0 Å². The maximum Gasteiger partial charge on any atom is 0.270 e. The Morgan fingerprint density at radius 3 is 2.38 bits per heavy atom. The molecule has 172 valence electrons. The molecule has 3 aromatic carbocycles. The van der Waals surface area contributed by atoms with Crippen LogP contribution in [0.25, 0.3) is 6.08 Å². The minimum absolute atomic E-state index is 0.106. The number of amides is 2. The minimum Gasteiger partial charge on any atom is -0.484 e. The molecule has 3 aromatic rings. The fraction of sp³-hybridized carbons (Fsp3) is 0.115. The summed E-state index contributed by atoms with van der Waals surface area (Å²) in [6, 6.07) is 22.4. The molecule has 4 rings (SSSR count). The number of nitrogens with one attached hydrogen (secondary N) is 1. The Morgan fingerprint density at radius 2 is 1.74 bits per heavy atom. The lowest BCUT2D eigenvalue weighted by Gasteiger charge is -2.14. The Kier molecular flexibility index (Phi) is 7.82. The summed E-state index contributed by atoms with van der Waals surface area (Å²) in [6.07, 6.45) is 2.75. The lowest BCUT2D eigenvalue weighted by Crippen LogP contribution is -2.27. The Labute approximate surface area is 216 Å². The summed E-state index contributed by atoms with van der Waals surface area (Å²) in [6.45, 7) is 1.98. The number of rotatable bonds is 7. The second-order valence-electron chi connectivity index (χ2n) is 7.45. The van der Waals surface area contributed by atoms with Crippen molar-refractivity contribution in [3.63, 3.8) is 0 Å². The quantitative estimate of drug-likeness (QED) is 0.270. The second kappa shape index (κ2) is 11.0. The van der Waals surface area contributed by atoms with Crippen LogP contribution >= 0.6 is 39.9 Å². The van der Waals surface area contributed by atoms with Gasteiger partial charge in [0.2, 0.25) is 0 Å². The number of thioether (sulfide) groups is 1. The van der Waals surface area contributed by atoms with Crippen molar-refractivity contribution in [3.8, 4) is 5.75 Å². The molecule has 0 saturated carbocycles. The van der Waals surface area contributed by atoms with Gasteiger partial charge in [-0.3, -0.25) is 14.5 Å². The number of ether oxygens (including phenoxy) is 1. The molecule has 1 aliphatic heterocycles. The Balaban J connectivity index is 1.36. The van der Waals surface area contributed by atoms with Crippen molar-refractivity contribution >= 4 is 73.5 Å². The first-order valence-corrected chi connectivity index (χ1v) is 12.6. The smallest absolute Gasteiger partial charge is 0.270 e. The number of halogens is 1. The van der Waals surface area contributed by atoms with E-state index in [2.05, 4.69) is 28.2 Å². The van der Waals surface area contributed by atoms with Crippen LogP contribution in [0.4, 0.5) is 11.4 Å². The van der Waals surface area contributed by atoms with Gasteiger partial charge in [-0.25, -0.2) is 0 Å². The van der Waals surface area contributed by atoms with Gasteiger partial charge >= 0.3 is 0 Å². The van der Waals surface area contributed by atoms with Crippen LogP contribution in [0.1, 0.15) is 18.1 Å².